The van der Waals surface area contributed by atoms with Crippen molar-refractivity contribution in [1.29, 1.82) is 0 Å². The van der Waals surface area contributed by atoms with Gasteiger partial charge in [0.1, 0.15) is 11.6 Å². The van der Waals surface area contributed by atoms with E-state index < -0.39 is 0 Å². The van der Waals surface area contributed by atoms with Crippen molar-refractivity contribution in [3.63, 3.8) is 0 Å². The van der Waals surface area contributed by atoms with Crippen LogP contribution in [-0.2, 0) is 0 Å². The summed E-state index contributed by atoms with van der Waals surface area (Å²) >= 11 is 1.44. The lowest BCUT2D eigenvalue weighted by Crippen LogP contribution is -2.50. The number of hydrogen-bond acceptors (Lipinski definition) is 6. The third kappa shape index (κ3) is 3.33. The Morgan fingerprint density at radius 1 is 1.23 bits per heavy atom. The summed E-state index contributed by atoms with van der Waals surface area (Å²) in [7, 11) is 0. The minimum atomic E-state index is -0.0899. The number of nitrogens with zero attached hydrogens (tertiary/aromatic N) is 5. The summed E-state index contributed by atoms with van der Waals surface area (Å²) in [6.45, 7) is 6.65. The Hall–Kier alpha value is -2.22. The van der Waals surface area contributed by atoms with Crippen LogP contribution in [0.3, 0.4) is 0 Å². The van der Waals surface area contributed by atoms with E-state index in [-0.39, 0.29) is 6.03 Å². The van der Waals surface area contributed by atoms with Crippen LogP contribution in [0.5, 0.6) is 0 Å². The second kappa shape index (κ2) is 6.27. The number of aryl methyl sites for hydroxylation is 2. The van der Waals surface area contributed by atoms with E-state index in [4.69, 9.17) is 0 Å². The molecule has 0 spiro atoms. The van der Waals surface area contributed by atoms with Crippen molar-refractivity contribution in [1.82, 2.24) is 19.9 Å². The molecule has 1 aliphatic heterocycles. The topological polar surface area (TPSA) is 74.2 Å². The number of hydrogen-bond donors (Lipinski definition) is 1. The van der Waals surface area contributed by atoms with Gasteiger partial charge in [-0.05, 0) is 19.9 Å². The van der Waals surface area contributed by atoms with Gasteiger partial charge >= 0.3 is 6.03 Å². The Labute approximate surface area is 133 Å². The summed E-state index contributed by atoms with van der Waals surface area (Å²) in [5.74, 6) is 1.68. The van der Waals surface area contributed by atoms with E-state index in [1.165, 1.54) is 11.3 Å². The van der Waals surface area contributed by atoms with Gasteiger partial charge in [-0.1, -0.05) is 0 Å². The molecule has 0 saturated carbocycles. The molecular formula is C14H18N6OS. The molecule has 0 aromatic carbocycles. The predicted octanol–water partition coefficient (Wildman–Crippen LogP) is 1.90. The number of carbonyl (C=O) groups is 1. The highest BCUT2D eigenvalue weighted by Crippen LogP contribution is 2.17. The first-order valence-electron chi connectivity index (χ1n) is 7.14. The van der Waals surface area contributed by atoms with Gasteiger partial charge in [-0.25, -0.2) is 19.7 Å². The highest BCUT2D eigenvalue weighted by atomic mass is 32.1. The van der Waals surface area contributed by atoms with Crippen LogP contribution in [0.4, 0.5) is 15.7 Å². The first-order chi connectivity index (χ1) is 10.6. The minimum absolute atomic E-state index is 0.0899. The molecule has 22 heavy (non-hydrogen) atoms. The lowest BCUT2D eigenvalue weighted by Gasteiger charge is -2.35. The number of urea groups is 1. The van der Waals surface area contributed by atoms with E-state index in [1.807, 2.05) is 25.3 Å². The van der Waals surface area contributed by atoms with Crippen molar-refractivity contribution >= 4 is 28.3 Å². The molecule has 0 bridgehead atoms. The lowest BCUT2D eigenvalue weighted by atomic mass is 10.3. The molecule has 3 heterocycles. The zero-order valence-corrected chi connectivity index (χ0v) is 13.4. The number of thiazole rings is 1. The Bertz CT molecular complexity index is 665. The van der Waals surface area contributed by atoms with Crippen LogP contribution in [0.25, 0.3) is 0 Å². The van der Waals surface area contributed by atoms with Crippen LogP contribution in [0.1, 0.15) is 11.5 Å². The Morgan fingerprint density at radius 2 is 2.00 bits per heavy atom. The molecule has 2 aromatic rings. The van der Waals surface area contributed by atoms with Gasteiger partial charge in [-0.2, -0.15) is 0 Å². The molecule has 7 nitrogen and oxygen atoms in total. The van der Waals surface area contributed by atoms with Gasteiger partial charge < -0.3 is 9.80 Å². The maximum Gasteiger partial charge on any atom is 0.323 e. The largest absolute Gasteiger partial charge is 0.353 e. The quantitative estimate of drug-likeness (QED) is 0.915. The summed E-state index contributed by atoms with van der Waals surface area (Å²) < 4.78 is 0. The van der Waals surface area contributed by atoms with Crippen molar-refractivity contribution in [3.05, 3.63) is 29.2 Å². The first-order valence-corrected chi connectivity index (χ1v) is 8.02. The number of nitrogens with one attached hydrogen (secondary N) is 1. The number of aromatic nitrogens is 3. The monoisotopic (exact) mass is 318 g/mol. The molecule has 2 aromatic heterocycles. The van der Waals surface area contributed by atoms with E-state index in [9.17, 15) is 4.79 Å². The number of carbonyl (C=O) groups excluding carboxylic acids is 1. The van der Waals surface area contributed by atoms with E-state index in [1.54, 1.807) is 11.1 Å². The van der Waals surface area contributed by atoms with Crippen LogP contribution in [-0.4, -0.2) is 52.1 Å². The molecule has 2 amide bonds. The van der Waals surface area contributed by atoms with Gasteiger partial charge in [-0.3, -0.25) is 5.32 Å². The van der Waals surface area contributed by atoms with Crippen molar-refractivity contribution in [2.24, 2.45) is 0 Å². The molecule has 0 aliphatic carbocycles. The zero-order chi connectivity index (χ0) is 15.5. The zero-order valence-electron chi connectivity index (χ0n) is 12.6. The fourth-order valence-electron chi connectivity index (χ4n) is 2.34. The molecule has 1 aliphatic rings. The molecule has 116 valence electrons. The normalized spacial score (nSPS) is 15.0. The molecule has 0 unspecified atom stereocenters. The van der Waals surface area contributed by atoms with Crippen molar-refractivity contribution in [2.75, 3.05) is 36.4 Å². The number of rotatable bonds is 2. The Balaban J connectivity index is 1.56. The third-order valence-corrected chi connectivity index (χ3v) is 4.36. The Morgan fingerprint density at radius 3 is 2.64 bits per heavy atom. The highest BCUT2D eigenvalue weighted by Gasteiger charge is 2.22. The van der Waals surface area contributed by atoms with Crippen LogP contribution in [0, 0.1) is 13.8 Å². The molecular weight excluding hydrogens is 300 g/mol. The maximum atomic E-state index is 12.2. The minimum Gasteiger partial charge on any atom is -0.353 e. The van der Waals surface area contributed by atoms with Gasteiger partial charge in [0.25, 0.3) is 0 Å². The molecule has 0 atom stereocenters. The Kier molecular flexibility index (Phi) is 4.19. The molecule has 8 heteroatoms. The summed E-state index contributed by atoms with van der Waals surface area (Å²) in [5, 5.41) is 5.42. The summed E-state index contributed by atoms with van der Waals surface area (Å²) in [6.07, 6.45) is 1.77. The summed E-state index contributed by atoms with van der Waals surface area (Å²) in [4.78, 5) is 29.0. The second-order valence-electron chi connectivity index (χ2n) is 5.16. The van der Waals surface area contributed by atoms with Crippen LogP contribution < -0.4 is 10.2 Å². The van der Waals surface area contributed by atoms with E-state index in [2.05, 4.69) is 25.2 Å². The maximum absolute atomic E-state index is 12.2. The van der Waals surface area contributed by atoms with E-state index in [0.29, 0.717) is 18.2 Å². The fraction of sp³-hybridized carbons (Fsp3) is 0.429. The van der Waals surface area contributed by atoms with E-state index >= 15 is 0 Å². The van der Waals surface area contributed by atoms with Crippen LogP contribution in [0.2, 0.25) is 0 Å². The van der Waals surface area contributed by atoms with Crippen molar-refractivity contribution in [2.45, 2.75) is 13.8 Å². The number of amides is 2. The average molecular weight is 318 g/mol. The number of piperazine rings is 1. The highest BCUT2D eigenvalue weighted by molar-refractivity contribution is 7.13. The van der Waals surface area contributed by atoms with Crippen LogP contribution in [0.15, 0.2) is 17.6 Å². The smallest absolute Gasteiger partial charge is 0.323 e. The molecule has 1 fully saturated rings. The fourth-order valence-corrected chi connectivity index (χ4v) is 3.02. The third-order valence-electron chi connectivity index (χ3n) is 3.49. The number of anilines is 2. The second-order valence-corrected chi connectivity index (χ2v) is 6.02. The lowest BCUT2D eigenvalue weighted by molar-refractivity contribution is 0.208. The van der Waals surface area contributed by atoms with Gasteiger partial charge in [0, 0.05) is 37.8 Å². The van der Waals surface area contributed by atoms with Gasteiger partial charge in [0.05, 0.1) is 5.69 Å². The molecule has 1 N–H and O–H groups in total. The van der Waals surface area contributed by atoms with E-state index in [0.717, 1.165) is 30.4 Å². The predicted molar refractivity (Wildman–Crippen MR) is 86.4 cm³/mol. The van der Waals surface area contributed by atoms with Crippen molar-refractivity contribution in [3.8, 4) is 0 Å². The van der Waals surface area contributed by atoms with Crippen LogP contribution >= 0.6 is 11.3 Å². The molecule has 3 rings (SSSR count). The standard InChI is InChI=1S/C14H18N6OS/c1-10-9-22-13(16-10)18-14(21)20-7-5-19(6-8-20)12-3-4-15-11(2)17-12/h3-4,9H,5-8H2,1-2H3,(H,16,18,21). The van der Waals surface area contributed by atoms with Gasteiger partial charge in [-0.15, -0.1) is 11.3 Å². The van der Waals surface area contributed by atoms with Crippen molar-refractivity contribution < 1.29 is 4.79 Å². The summed E-state index contributed by atoms with van der Waals surface area (Å²) in [5.41, 5.74) is 0.921. The first kappa shape index (κ1) is 14.7. The van der Waals surface area contributed by atoms with Gasteiger partial charge in [0.2, 0.25) is 0 Å². The molecule has 0 radical (unpaired) electrons. The average Bonchev–Trinajstić information content (AvgIpc) is 2.92. The SMILES string of the molecule is Cc1csc(NC(=O)N2CCN(c3ccnc(C)n3)CC2)n1. The van der Waals surface area contributed by atoms with Gasteiger partial charge in [0.15, 0.2) is 5.13 Å². The summed E-state index contributed by atoms with van der Waals surface area (Å²) in [6, 6.07) is 1.81. The molecule has 1 saturated heterocycles.